The first-order chi connectivity index (χ1) is 7.08. The maximum Gasteiger partial charge on any atom is 0.229 e. The molecule has 0 aliphatic carbocycles. The summed E-state index contributed by atoms with van der Waals surface area (Å²) < 4.78 is 0. The van der Waals surface area contributed by atoms with Crippen LogP contribution in [0.4, 0.5) is 5.69 Å². The van der Waals surface area contributed by atoms with E-state index in [1.165, 1.54) is 11.1 Å². The maximum atomic E-state index is 11.5. The average molecular weight is 228 g/mol. The average Bonchev–Trinajstić information content (AvgIpc) is 2.45. The van der Waals surface area contributed by atoms with Crippen LogP contribution in [-0.2, 0) is 4.79 Å². The minimum atomic E-state index is -0.604. The van der Waals surface area contributed by atoms with Crippen molar-refractivity contribution in [2.45, 2.75) is 19.4 Å². The highest BCUT2D eigenvalue weighted by Crippen LogP contribution is 2.23. The number of β-amino-alcohol motifs (C(OH)–C–C–N with tert-alkyl or cyclic N) is 1. The Hall–Kier alpha value is -1.20. The molecule has 80 valence electrons. The summed E-state index contributed by atoms with van der Waals surface area (Å²) in [7, 11) is 0. The van der Waals surface area contributed by atoms with Crippen molar-refractivity contribution in [3.8, 4) is 0 Å². The van der Waals surface area contributed by atoms with Crippen molar-refractivity contribution < 1.29 is 9.90 Å². The van der Waals surface area contributed by atoms with Gasteiger partial charge in [0.05, 0.1) is 36.6 Å². The molecule has 1 aliphatic rings. The number of carbonyl (C=O) groups excluding carboxylic acids is 1. The Labute approximate surface area is 91.7 Å². The van der Waals surface area contributed by atoms with Gasteiger partial charge in [-0.15, -0.1) is 0 Å². The summed E-state index contributed by atoms with van der Waals surface area (Å²) in [5, 5.41) is 9.50. The van der Waals surface area contributed by atoms with Gasteiger partial charge in [-0.1, -0.05) is 0 Å². The first-order valence-corrected chi connectivity index (χ1v) is 4.93. The van der Waals surface area contributed by atoms with E-state index in [1.807, 2.05) is 0 Å². The van der Waals surface area contributed by atoms with E-state index in [0.29, 0.717) is 17.9 Å². The molecule has 6 heteroatoms. The zero-order chi connectivity index (χ0) is 11.0. The minimum Gasteiger partial charge on any atom is -0.391 e. The highest BCUT2D eigenvalue weighted by Gasteiger charge is 2.30. The second kappa shape index (κ2) is 3.75. The van der Waals surface area contributed by atoms with Crippen LogP contribution in [0.25, 0.3) is 0 Å². The Morgan fingerprint density at radius 2 is 2.40 bits per heavy atom. The van der Waals surface area contributed by atoms with Gasteiger partial charge in [0, 0.05) is 0 Å². The number of aliphatic hydroxyl groups excluding tert-OH is 1. The molecule has 1 atom stereocenters. The molecule has 0 aromatic carbocycles. The van der Waals surface area contributed by atoms with Gasteiger partial charge in [-0.2, -0.15) is 0 Å². The standard InChI is InChI=1S/C9H10ClN3O2/c1-5-7(3-11-9(10)12-5)13-4-6(14)2-8(13)15/h3,6,14H,2,4H2,1H3. The number of aliphatic hydroxyl groups is 1. The highest BCUT2D eigenvalue weighted by atomic mass is 35.5. The van der Waals surface area contributed by atoms with Gasteiger partial charge in [0.15, 0.2) is 0 Å². The van der Waals surface area contributed by atoms with E-state index < -0.39 is 6.10 Å². The Morgan fingerprint density at radius 3 is 2.93 bits per heavy atom. The summed E-state index contributed by atoms with van der Waals surface area (Å²) in [6.07, 6.45) is 1.05. The Balaban J connectivity index is 2.34. The lowest BCUT2D eigenvalue weighted by Gasteiger charge is -2.16. The Morgan fingerprint density at radius 1 is 1.67 bits per heavy atom. The third-order valence-corrected chi connectivity index (χ3v) is 2.50. The van der Waals surface area contributed by atoms with E-state index in [0.717, 1.165) is 0 Å². The van der Waals surface area contributed by atoms with Crippen LogP contribution >= 0.6 is 11.6 Å². The van der Waals surface area contributed by atoms with Crippen LogP contribution < -0.4 is 4.90 Å². The van der Waals surface area contributed by atoms with Crippen molar-refractivity contribution in [3.63, 3.8) is 0 Å². The predicted molar refractivity (Wildman–Crippen MR) is 54.8 cm³/mol. The minimum absolute atomic E-state index is 0.114. The normalized spacial score (nSPS) is 21.1. The molecule has 0 bridgehead atoms. The molecule has 2 heterocycles. The number of aromatic nitrogens is 2. The van der Waals surface area contributed by atoms with Gasteiger partial charge in [0.1, 0.15) is 0 Å². The van der Waals surface area contributed by atoms with Crippen LogP contribution in [0.3, 0.4) is 0 Å². The molecular formula is C9H10ClN3O2. The summed E-state index contributed by atoms with van der Waals surface area (Å²) >= 11 is 5.61. The summed E-state index contributed by atoms with van der Waals surface area (Å²) in [5.74, 6) is -0.114. The number of carbonyl (C=O) groups is 1. The molecule has 1 fully saturated rings. The number of halogens is 1. The topological polar surface area (TPSA) is 66.3 Å². The lowest BCUT2D eigenvalue weighted by Crippen LogP contribution is -2.26. The van der Waals surface area contributed by atoms with Gasteiger partial charge < -0.3 is 10.0 Å². The van der Waals surface area contributed by atoms with Gasteiger partial charge in [-0.25, -0.2) is 9.97 Å². The third kappa shape index (κ3) is 1.93. The summed E-state index contributed by atoms with van der Waals surface area (Å²) in [5.41, 5.74) is 1.25. The fourth-order valence-electron chi connectivity index (χ4n) is 1.62. The summed E-state index contributed by atoms with van der Waals surface area (Å²) in [6, 6.07) is 0. The summed E-state index contributed by atoms with van der Waals surface area (Å²) in [4.78, 5) is 20.8. The second-order valence-electron chi connectivity index (χ2n) is 3.47. The molecule has 1 amide bonds. The largest absolute Gasteiger partial charge is 0.391 e. The van der Waals surface area contributed by atoms with Crippen molar-refractivity contribution in [3.05, 3.63) is 17.2 Å². The first-order valence-electron chi connectivity index (χ1n) is 4.55. The van der Waals surface area contributed by atoms with Crippen molar-refractivity contribution in [2.24, 2.45) is 0 Å². The van der Waals surface area contributed by atoms with Gasteiger partial charge >= 0.3 is 0 Å². The van der Waals surface area contributed by atoms with Crippen LogP contribution in [0.15, 0.2) is 6.20 Å². The molecule has 1 aliphatic heterocycles. The number of hydrogen-bond acceptors (Lipinski definition) is 4. The fraction of sp³-hybridized carbons (Fsp3) is 0.444. The van der Waals surface area contributed by atoms with Crippen molar-refractivity contribution in [2.75, 3.05) is 11.4 Å². The third-order valence-electron chi connectivity index (χ3n) is 2.32. The molecule has 2 rings (SSSR count). The Bertz CT molecular complexity index is 410. The van der Waals surface area contributed by atoms with Gasteiger partial charge in [0.25, 0.3) is 0 Å². The number of aryl methyl sites for hydroxylation is 1. The van der Waals surface area contributed by atoms with Gasteiger partial charge in [-0.05, 0) is 18.5 Å². The molecule has 1 saturated heterocycles. The molecule has 1 unspecified atom stereocenters. The fourth-order valence-corrected chi connectivity index (χ4v) is 1.79. The van der Waals surface area contributed by atoms with Gasteiger partial charge in [-0.3, -0.25) is 4.79 Å². The number of nitrogens with zero attached hydrogens (tertiary/aromatic N) is 3. The monoisotopic (exact) mass is 227 g/mol. The van der Waals surface area contributed by atoms with Crippen LogP contribution in [0.5, 0.6) is 0 Å². The van der Waals surface area contributed by atoms with Crippen LogP contribution in [0.1, 0.15) is 12.1 Å². The van der Waals surface area contributed by atoms with E-state index in [9.17, 15) is 9.90 Å². The quantitative estimate of drug-likeness (QED) is 0.711. The molecule has 15 heavy (non-hydrogen) atoms. The van der Waals surface area contributed by atoms with E-state index in [1.54, 1.807) is 6.92 Å². The molecule has 1 aromatic heterocycles. The van der Waals surface area contributed by atoms with Crippen molar-refractivity contribution >= 4 is 23.2 Å². The van der Waals surface area contributed by atoms with Crippen LogP contribution in [0, 0.1) is 6.92 Å². The zero-order valence-corrected chi connectivity index (χ0v) is 8.90. The van der Waals surface area contributed by atoms with E-state index in [4.69, 9.17) is 11.6 Å². The van der Waals surface area contributed by atoms with Gasteiger partial charge in [0.2, 0.25) is 11.2 Å². The van der Waals surface area contributed by atoms with Crippen molar-refractivity contribution in [1.29, 1.82) is 0 Å². The van der Waals surface area contributed by atoms with E-state index >= 15 is 0 Å². The zero-order valence-electron chi connectivity index (χ0n) is 8.14. The first kappa shape index (κ1) is 10.3. The highest BCUT2D eigenvalue weighted by molar-refractivity contribution is 6.28. The molecule has 1 aromatic rings. The Kier molecular flexibility index (Phi) is 2.58. The van der Waals surface area contributed by atoms with E-state index in [2.05, 4.69) is 9.97 Å². The predicted octanol–water partition coefficient (Wildman–Crippen LogP) is 0.536. The number of amides is 1. The molecule has 5 nitrogen and oxygen atoms in total. The second-order valence-corrected chi connectivity index (χ2v) is 3.81. The number of hydrogen-bond donors (Lipinski definition) is 1. The van der Waals surface area contributed by atoms with Crippen LogP contribution in [0.2, 0.25) is 5.28 Å². The molecule has 0 spiro atoms. The molecule has 0 radical (unpaired) electrons. The maximum absolute atomic E-state index is 11.5. The van der Waals surface area contributed by atoms with Crippen molar-refractivity contribution in [1.82, 2.24) is 9.97 Å². The van der Waals surface area contributed by atoms with E-state index in [-0.39, 0.29) is 17.6 Å². The molecular weight excluding hydrogens is 218 g/mol. The smallest absolute Gasteiger partial charge is 0.229 e. The number of anilines is 1. The lowest BCUT2D eigenvalue weighted by atomic mass is 10.3. The molecule has 1 N–H and O–H groups in total. The van der Waals surface area contributed by atoms with Crippen LogP contribution in [-0.4, -0.2) is 33.6 Å². The molecule has 0 saturated carbocycles. The SMILES string of the molecule is Cc1nc(Cl)ncc1N1CC(O)CC1=O. The lowest BCUT2D eigenvalue weighted by molar-refractivity contribution is -0.117. The summed E-state index contributed by atoms with van der Waals surface area (Å²) in [6.45, 7) is 2.05. The number of rotatable bonds is 1.